The van der Waals surface area contributed by atoms with Gasteiger partial charge in [-0.2, -0.15) is 0 Å². The van der Waals surface area contributed by atoms with Crippen LogP contribution in [0.25, 0.3) is 10.4 Å². The number of sulfone groups is 1. The lowest BCUT2D eigenvalue weighted by Crippen LogP contribution is -2.30. The Bertz CT molecular complexity index is 865. The van der Waals surface area contributed by atoms with Gasteiger partial charge in [-0.1, -0.05) is 17.4 Å². The second kappa shape index (κ2) is 7.24. The summed E-state index contributed by atoms with van der Waals surface area (Å²) < 4.78 is 37.0. The van der Waals surface area contributed by atoms with Gasteiger partial charge in [-0.25, -0.2) is 22.6 Å². The molecule has 0 atom stereocenters. The first-order chi connectivity index (χ1) is 11.2. The highest BCUT2D eigenvalue weighted by Crippen LogP contribution is 2.34. The van der Waals surface area contributed by atoms with Crippen LogP contribution >= 0.6 is 11.3 Å². The van der Waals surface area contributed by atoms with Crippen molar-refractivity contribution in [2.45, 2.75) is 11.8 Å². The number of aliphatic hydroxyl groups is 1. The lowest BCUT2D eigenvalue weighted by atomic mass is 10.1. The van der Waals surface area contributed by atoms with Gasteiger partial charge in [-0.3, -0.25) is 5.32 Å². The summed E-state index contributed by atoms with van der Waals surface area (Å²) in [5.74, 6) is -0.815. The number of nitrogens with zero attached hydrogens (tertiary/aromatic N) is 1. The summed E-state index contributed by atoms with van der Waals surface area (Å²) in [6.07, 6.45) is 0.938. The van der Waals surface area contributed by atoms with E-state index in [-0.39, 0.29) is 18.0 Å². The third kappa shape index (κ3) is 4.28. The molecule has 0 saturated heterocycles. The zero-order chi connectivity index (χ0) is 17.9. The zero-order valence-corrected chi connectivity index (χ0v) is 14.6. The number of halogens is 1. The van der Waals surface area contributed by atoms with Gasteiger partial charge in [0.05, 0.1) is 17.2 Å². The van der Waals surface area contributed by atoms with Crippen LogP contribution in [0, 0.1) is 12.7 Å². The molecule has 1 aromatic carbocycles. The number of thiazole rings is 1. The molecule has 2 amide bonds. The number of nitrogens with one attached hydrogen (secondary N) is 2. The molecule has 24 heavy (non-hydrogen) atoms. The largest absolute Gasteiger partial charge is 0.395 e. The van der Waals surface area contributed by atoms with Gasteiger partial charge in [-0.15, -0.1) is 0 Å². The SMILES string of the molecule is Cc1nc(NC(=O)NCCO)sc1-c1ccc(F)c(S(C)(=O)=O)c1. The van der Waals surface area contributed by atoms with Crippen molar-refractivity contribution in [3.63, 3.8) is 0 Å². The quantitative estimate of drug-likeness (QED) is 0.740. The number of aromatic nitrogens is 1. The fourth-order valence-corrected chi connectivity index (χ4v) is 3.68. The van der Waals surface area contributed by atoms with Gasteiger partial charge in [0.1, 0.15) is 10.7 Å². The van der Waals surface area contributed by atoms with Gasteiger partial charge in [0.2, 0.25) is 0 Å². The minimum absolute atomic E-state index is 0.110. The van der Waals surface area contributed by atoms with E-state index in [0.717, 1.165) is 23.7 Å². The minimum Gasteiger partial charge on any atom is -0.395 e. The molecule has 2 rings (SSSR count). The van der Waals surface area contributed by atoms with E-state index in [0.29, 0.717) is 21.3 Å². The molecule has 0 aliphatic heterocycles. The van der Waals surface area contributed by atoms with E-state index in [1.54, 1.807) is 6.92 Å². The number of carbonyl (C=O) groups is 1. The van der Waals surface area contributed by atoms with Crippen molar-refractivity contribution in [3.8, 4) is 10.4 Å². The molecule has 130 valence electrons. The van der Waals surface area contributed by atoms with E-state index < -0.39 is 21.7 Å². The van der Waals surface area contributed by atoms with Gasteiger partial charge in [-0.05, 0) is 24.6 Å². The van der Waals surface area contributed by atoms with Gasteiger partial charge in [0, 0.05) is 12.8 Å². The molecular formula is C14H16FN3O4S2. The predicted molar refractivity (Wildman–Crippen MR) is 89.5 cm³/mol. The number of carbonyl (C=O) groups excluding carboxylic acids is 1. The van der Waals surface area contributed by atoms with E-state index in [1.165, 1.54) is 12.1 Å². The number of hydrogen-bond acceptors (Lipinski definition) is 6. The molecule has 1 heterocycles. The molecular weight excluding hydrogens is 357 g/mol. The third-order valence-electron chi connectivity index (χ3n) is 3.01. The molecule has 0 spiro atoms. The molecule has 0 aliphatic carbocycles. The molecule has 3 N–H and O–H groups in total. The maximum absolute atomic E-state index is 13.7. The lowest BCUT2D eigenvalue weighted by Gasteiger charge is -2.04. The molecule has 2 aromatic rings. The Balaban J connectivity index is 2.32. The van der Waals surface area contributed by atoms with Crippen LogP contribution in [0.1, 0.15) is 5.69 Å². The van der Waals surface area contributed by atoms with E-state index >= 15 is 0 Å². The summed E-state index contributed by atoms with van der Waals surface area (Å²) in [6, 6.07) is 3.28. The summed E-state index contributed by atoms with van der Waals surface area (Å²) >= 11 is 1.14. The second-order valence-electron chi connectivity index (χ2n) is 4.96. The fourth-order valence-electron chi connectivity index (χ4n) is 1.96. The summed E-state index contributed by atoms with van der Waals surface area (Å²) in [6.45, 7) is 1.63. The smallest absolute Gasteiger partial charge is 0.321 e. The summed E-state index contributed by atoms with van der Waals surface area (Å²) in [7, 11) is -3.69. The number of amides is 2. The third-order valence-corrected chi connectivity index (χ3v) is 5.24. The Kier molecular flexibility index (Phi) is 5.52. The number of anilines is 1. The first kappa shape index (κ1) is 18.3. The molecule has 1 aromatic heterocycles. The van der Waals surface area contributed by atoms with Crippen LogP contribution in [0.2, 0.25) is 0 Å². The number of hydrogen-bond donors (Lipinski definition) is 3. The Morgan fingerprint density at radius 1 is 1.42 bits per heavy atom. The van der Waals surface area contributed by atoms with E-state index in [2.05, 4.69) is 15.6 Å². The number of aryl methyl sites for hydroxylation is 1. The first-order valence-corrected chi connectivity index (χ1v) is 9.56. The number of aliphatic hydroxyl groups excluding tert-OH is 1. The summed E-state index contributed by atoms with van der Waals surface area (Å²) in [4.78, 5) is 16.0. The Hall–Kier alpha value is -2.04. The van der Waals surface area contributed by atoms with E-state index in [1.807, 2.05) is 0 Å². The van der Waals surface area contributed by atoms with Crippen molar-refractivity contribution in [2.75, 3.05) is 24.7 Å². The van der Waals surface area contributed by atoms with Crippen LogP contribution < -0.4 is 10.6 Å². The maximum Gasteiger partial charge on any atom is 0.321 e. The van der Waals surface area contributed by atoms with Crippen molar-refractivity contribution < 1.29 is 22.7 Å². The van der Waals surface area contributed by atoms with Gasteiger partial charge >= 0.3 is 6.03 Å². The molecule has 7 nitrogen and oxygen atoms in total. The average molecular weight is 373 g/mol. The predicted octanol–water partition coefficient (Wildman–Crippen LogP) is 1.77. The number of rotatable bonds is 5. The standard InChI is InChI=1S/C14H16FN3O4S2/c1-8-12(23-14(17-8)18-13(20)16-5-6-19)9-3-4-10(15)11(7-9)24(2,21)22/h3-4,7,19H,5-6H2,1-2H3,(H2,16,17,18,20). The molecule has 0 aliphatic rings. The maximum atomic E-state index is 13.7. The van der Waals surface area contributed by atoms with Crippen LogP contribution in [0.4, 0.5) is 14.3 Å². The van der Waals surface area contributed by atoms with Crippen LogP contribution in [0.5, 0.6) is 0 Å². The lowest BCUT2D eigenvalue weighted by molar-refractivity contribution is 0.245. The normalized spacial score (nSPS) is 11.3. The second-order valence-corrected chi connectivity index (χ2v) is 7.94. The fraction of sp³-hybridized carbons (Fsp3) is 0.286. The molecule has 0 bridgehead atoms. The van der Waals surface area contributed by atoms with Crippen molar-refractivity contribution >= 4 is 32.3 Å². The van der Waals surface area contributed by atoms with Crippen LogP contribution in [-0.4, -0.2) is 43.9 Å². The summed E-state index contributed by atoms with van der Waals surface area (Å²) in [5, 5.41) is 13.9. The molecule has 10 heteroatoms. The Morgan fingerprint density at radius 2 is 2.12 bits per heavy atom. The zero-order valence-electron chi connectivity index (χ0n) is 13.0. The van der Waals surface area contributed by atoms with Crippen molar-refractivity contribution in [2.24, 2.45) is 0 Å². The molecule has 0 unspecified atom stereocenters. The summed E-state index contributed by atoms with van der Waals surface area (Å²) in [5.41, 5.74) is 1.07. The van der Waals surface area contributed by atoms with Crippen molar-refractivity contribution in [3.05, 3.63) is 29.7 Å². The first-order valence-electron chi connectivity index (χ1n) is 6.85. The number of benzene rings is 1. The van der Waals surface area contributed by atoms with Crippen LogP contribution in [0.3, 0.4) is 0 Å². The monoisotopic (exact) mass is 373 g/mol. The Morgan fingerprint density at radius 3 is 2.75 bits per heavy atom. The van der Waals surface area contributed by atoms with Crippen molar-refractivity contribution in [1.82, 2.24) is 10.3 Å². The minimum atomic E-state index is -3.69. The highest BCUT2D eigenvalue weighted by Gasteiger charge is 2.18. The topological polar surface area (TPSA) is 108 Å². The average Bonchev–Trinajstić information content (AvgIpc) is 2.85. The van der Waals surface area contributed by atoms with Crippen LogP contribution in [-0.2, 0) is 9.84 Å². The molecule has 0 saturated carbocycles. The molecule has 0 radical (unpaired) electrons. The Labute approximate surface area is 142 Å². The van der Waals surface area contributed by atoms with E-state index in [4.69, 9.17) is 5.11 Å². The van der Waals surface area contributed by atoms with Gasteiger partial charge < -0.3 is 10.4 Å². The van der Waals surface area contributed by atoms with Crippen molar-refractivity contribution in [1.29, 1.82) is 0 Å². The van der Waals surface area contributed by atoms with Crippen LogP contribution in [0.15, 0.2) is 23.1 Å². The highest BCUT2D eigenvalue weighted by atomic mass is 32.2. The molecule has 0 fully saturated rings. The van der Waals surface area contributed by atoms with Gasteiger partial charge in [0.15, 0.2) is 15.0 Å². The van der Waals surface area contributed by atoms with Gasteiger partial charge in [0.25, 0.3) is 0 Å². The highest BCUT2D eigenvalue weighted by molar-refractivity contribution is 7.90. The number of urea groups is 1. The van der Waals surface area contributed by atoms with E-state index in [9.17, 15) is 17.6 Å².